The van der Waals surface area contributed by atoms with Crippen LogP contribution in [0.2, 0.25) is 0 Å². The average molecular weight is 322 g/mol. The smallest absolute Gasteiger partial charge is 0.251 e. The molecule has 1 amide bonds. The minimum atomic E-state index is 0.0532. The first-order chi connectivity index (χ1) is 11.7. The highest BCUT2D eigenvalue weighted by Crippen LogP contribution is 2.37. The molecule has 2 aliphatic rings. The number of carbonyl (C=O) groups excluding carboxylic acids is 1. The summed E-state index contributed by atoms with van der Waals surface area (Å²) in [5.74, 6) is 1.83. The highest BCUT2D eigenvalue weighted by molar-refractivity contribution is 5.97. The van der Waals surface area contributed by atoms with Gasteiger partial charge in [-0.05, 0) is 47.9 Å². The summed E-state index contributed by atoms with van der Waals surface area (Å²) in [5.41, 5.74) is 4.18. The van der Waals surface area contributed by atoms with Gasteiger partial charge in [0.15, 0.2) is 0 Å². The molecule has 4 nitrogen and oxygen atoms in total. The van der Waals surface area contributed by atoms with Crippen molar-refractivity contribution < 1.29 is 9.53 Å². The Hall–Kier alpha value is -2.33. The van der Waals surface area contributed by atoms with Crippen LogP contribution in [-0.2, 0) is 0 Å². The number of nitrogens with zero attached hydrogens (tertiary/aromatic N) is 1. The summed E-state index contributed by atoms with van der Waals surface area (Å²) in [5, 5.41) is 3.10. The van der Waals surface area contributed by atoms with Gasteiger partial charge in [0.25, 0.3) is 5.91 Å². The maximum Gasteiger partial charge on any atom is 0.251 e. The summed E-state index contributed by atoms with van der Waals surface area (Å²) in [6, 6.07) is 14.3. The van der Waals surface area contributed by atoms with Gasteiger partial charge in [-0.25, -0.2) is 0 Å². The van der Waals surface area contributed by atoms with E-state index in [-0.39, 0.29) is 5.91 Å². The molecule has 4 rings (SSSR count). The molecule has 0 radical (unpaired) electrons. The Balaban J connectivity index is 1.74. The van der Waals surface area contributed by atoms with E-state index in [0.29, 0.717) is 11.8 Å². The van der Waals surface area contributed by atoms with Crippen LogP contribution in [0.5, 0.6) is 5.75 Å². The zero-order valence-electron chi connectivity index (χ0n) is 14.1. The predicted molar refractivity (Wildman–Crippen MR) is 94.5 cm³/mol. The van der Waals surface area contributed by atoms with E-state index in [4.69, 9.17) is 4.74 Å². The van der Waals surface area contributed by atoms with E-state index in [2.05, 4.69) is 29.4 Å². The van der Waals surface area contributed by atoms with Crippen molar-refractivity contribution >= 4 is 5.91 Å². The summed E-state index contributed by atoms with van der Waals surface area (Å²) in [7, 11) is 3.82. The van der Waals surface area contributed by atoms with Crippen molar-refractivity contribution in [2.75, 3.05) is 33.8 Å². The zero-order chi connectivity index (χ0) is 16.7. The van der Waals surface area contributed by atoms with E-state index < -0.39 is 0 Å². The molecular formula is C20H22N2O2. The van der Waals surface area contributed by atoms with Crippen LogP contribution >= 0.6 is 0 Å². The molecule has 1 saturated heterocycles. The van der Waals surface area contributed by atoms with Gasteiger partial charge in [0.1, 0.15) is 5.75 Å². The Morgan fingerprint density at radius 1 is 1.08 bits per heavy atom. The Kier molecular flexibility index (Phi) is 3.77. The first kappa shape index (κ1) is 15.2. The molecule has 4 heteroatoms. The third-order valence-electron chi connectivity index (χ3n) is 5.27. The van der Waals surface area contributed by atoms with E-state index >= 15 is 0 Å². The second kappa shape index (κ2) is 5.95. The summed E-state index contributed by atoms with van der Waals surface area (Å²) >= 11 is 0. The lowest BCUT2D eigenvalue weighted by Crippen LogP contribution is -2.29. The summed E-state index contributed by atoms with van der Waals surface area (Å²) in [6.07, 6.45) is 0. The lowest BCUT2D eigenvalue weighted by Gasteiger charge is -2.17. The van der Waals surface area contributed by atoms with E-state index in [1.165, 1.54) is 5.56 Å². The Labute approximate surface area is 142 Å². The molecule has 124 valence electrons. The van der Waals surface area contributed by atoms with Gasteiger partial charge in [-0.3, -0.25) is 4.79 Å². The van der Waals surface area contributed by atoms with E-state index in [1.54, 1.807) is 7.11 Å². The Morgan fingerprint density at radius 3 is 2.58 bits per heavy atom. The molecule has 1 unspecified atom stereocenters. The number of nitrogens with one attached hydrogen (secondary N) is 1. The highest BCUT2D eigenvalue weighted by atomic mass is 16.5. The molecule has 0 aliphatic carbocycles. The second-order valence-electron chi connectivity index (χ2n) is 6.83. The Morgan fingerprint density at radius 2 is 1.83 bits per heavy atom. The fraction of sp³-hybridized carbons (Fsp3) is 0.350. The molecule has 0 aromatic heterocycles. The van der Waals surface area contributed by atoms with Crippen LogP contribution in [0, 0.1) is 5.92 Å². The van der Waals surface area contributed by atoms with Crippen LogP contribution in [0.4, 0.5) is 0 Å². The van der Waals surface area contributed by atoms with Crippen LogP contribution in [0.25, 0.3) is 11.1 Å². The number of amides is 1. The molecule has 2 atom stereocenters. The summed E-state index contributed by atoms with van der Waals surface area (Å²) in [6.45, 7) is 2.83. The maximum atomic E-state index is 12.6. The molecule has 2 aromatic rings. The van der Waals surface area contributed by atoms with Crippen LogP contribution < -0.4 is 10.1 Å². The van der Waals surface area contributed by atoms with E-state index in [9.17, 15) is 4.79 Å². The first-order valence-corrected chi connectivity index (χ1v) is 8.41. The molecule has 2 heterocycles. The van der Waals surface area contributed by atoms with Gasteiger partial charge >= 0.3 is 0 Å². The minimum absolute atomic E-state index is 0.0532. The molecule has 1 N–H and O–H groups in total. The molecule has 0 saturated carbocycles. The number of rotatable bonds is 2. The molecule has 1 fully saturated rings. The third kappa shape index (κ3) is 2.57. The number of hydrogen-bond acceptors (Lipinski definition) is 3. The zero-order valence-corrected chi connectivity index (χ0v) is 14.1. The fourth-order valence-electron chi connectivity index (χ4n) is 4.00. The van der Waals surface area contributed by atoms with Crippen molar-refractivity contribution in [2.45, 2.75) is 5.92 Å². The largest absolute Gasteiger partial charge is 0.497 e. The van der Waals surface area contributed by atoms with E-state index in [1.807, 2.05) is 30.3 Å². The van der Waals surface area contributed by atoms with Gasteiger partial charge in [-0.15, -0.1) is 0 Å². The summed E-state index contributed by atoms with van der Waals surface area (Å²) < 4.78 is 5.22. The van der Waals surface area contributed by atoms with Crippen LogP contribution in [-0.4, -0.2) is 44.6 Å². The molecule has 0 bridgehead atoms. The number of likely N-dealkylation sites (tertiary alicyclic amines) is 1. The van der Waals surface area contributed by atoms with Crippen molar-refractivity contribution in [3.05, 3.63) is 53.6 Å². The molecular weight excluding hydrogens is 300 g/mol. The van der Waals surface area contributed by atoms with Crippen molar-refractivity contribution in [1.82, 2.24) is 10.2 Å². The fourth-order valence-corrected chi connectivity index (χ4v) is 4.00. The van der Waals surface area contributed by atoms with Gasteiger partial charge in [-0.2, -0.15) is 0 Å². The van der Waals surface area contributed by atoms with Gasteiger partial charge in [0.05, 0.1) is 7.11 Å². The van der Waals surface area contributed by atoms with Crippen LogP contribution in [0.1, 0.15) is 21.8 Å². The number of fused-ring (bicyclic) bond motifs is 3. The van der Waals surface area contributed by atoms with Crippen molar-refractivity contribution in [3.63, 3.8) is 0 Å². The van der Waals surface area contributed by atoms with Crippen molar-refractivity contribution in [3.8, 4) is 16.9 Å². The predicted octanol–water partition coefficient (Wildman–Crippen LogP) is 2.75. The van der Waals surface area contributed by atoms with Gasteiger partial charge in [0, 0.05) is 31.1 Å². The number of likely N-dealkylation sites (N-methyl/N-ethyl adjacent to an activating group) is 1. The maximum absolute atomic E-state index is 12.6. The molecule has 2 aliphatic heterocycles. The van der Waals surface area contributed by atoms with Crippen molar-refractivity contribution in [2.24, 2.45) is 5.92 Å². The highest BCUT2D eigenvalue weighted by Gasteiger charge is 2.36. The summed E-state index contributed by atoms with van der Waals surface area (Å²) in [4.78, 5) is 14.9. The first-order valence-electron chi connectivity index (χ1n) is 8.41. The van der Waals surface area contributed by atoms with E-state index in [0.717, 1.165) is 42.1 Å². The number of ether oxygens (including phenoxy) is 1. The van der Waals surface area contributed by atoms with Crippen LogP contribution in [0.15, 0.2) is 42.5 Å². The number of methoxy groups -OCH3 is 1. The average Bonchev–Trinajstić information content (AvgIpc) is 2.94. The van der Waals surface area contributed by atoms with Gasteiger partial charge in [-0.1, -0.05) is 24.3 Å². The number of benzene rings is 2. The quantitative estimate of drug-likeness (QED) is 0.924. The molecule has 24 heavy (non-hydrogen) atoms. The lowest BCUT2D eigenvalue weighted by molar-refractivity contribution is 0.0951. The molecule has 2 aromatic carbocycles. The number of hydrogen-bond donors (Lipinski definition) is 1. The van der Waals surface area contributed by atoms with Crippen LogP contribution in [0.3, 0.4) is 0 Å². The topological polar surface area (TPSA) is 41.6 Å². The standard InChI is InChI=1S/C20H22N2O2/c1-22-11-15-10-21-20(23)18-9-14(5-8-17(18)19(15)12-22)13-3-6-16(24-2)7-4-13/h3-9,15,19H,10-12H2,1-2H3,(H,21,23)/t15-,19?/m0/s1. The van der Waals surface area contributed by atoms with Gasteiger partial charge in [0.2, 0.25) is 0 Å². The molecule has 0 spiro atoms. The van der Waals surface area contributed by atoms with Crippen molar-refractivity contribution in [1.29, 1.82) is 0 Å². The lowest BCUT2D eigenvalue weighted by atomic mass is 9.86. The normalized spacial score (nSPS) is 23.2. The number of carbonyl (C=O) groups is 1. The van der Waals surface area contributed by atoms with Gasteiger partial charge < -0.3 is 15.0 Å². The Bertz CT molecular complexity index is 770. The minimum Gasteiger partial charge on any atom is -0.497 e. The monoisotopic (exact) mass is 322 g/mol. The third-order valence-corrected chi connectivity index (χ3v) is 5.27. The second-order valence-corrected chi connectivity index (χ2v) is 6.83. The SMILES string of the molecule is COc1ccc(-c2ccc3c(c2)C(=O)NC[C@H]2CN(C)CC32)cc1.